The predicted octanol–water partition coefficient (Wildman–Crippen LogP) is 3.31. The number of aromatic nitrogens is 2. The topological polar surface area (TPSA) is 87.6 Å². The number of carboxylic acid groups (broad SMARTS) is 1. The number of hydrogen-bond donors (Lipinski definition) is 2. The van der Waals surface area contributed by atoms with Crippen LogP contribution in [0.25, 0.3) is 0 Å². The smallest absolute Gasteiger partial charge is 0.305 e. The van der Waals surface area contributed by atoms with Crippen molar-refractivity contribution in [3.05, 3.63) is 47.3 Å². The minimum atomic E-state index is -0.788. The van der Waals surface area contributed by atoms with Crippen molar-refractivity contribution in [3.8, 4) is 5.88 Å². The van der Waals surface area contributed by atoms with E-state index in [0.29, 0.717) is 11.8 Å². The highest BCUT2D eigenvalue weighted by atomic mass is 16.5. The van der Waals surface area contributed by atoms with E-state index in [-0.39, 0.29) is 12.5 Å². The minimum absolute atomic E-state index is 0.0801. The number of nitrogens with one attached hydrogen (secondary N) is 1. The molecule has 0 radical (unpaired) electrons. The lowest BCUT2D eigenvalue weighted by atomic mass is 9.89. The summed E-state index contributed by atoms with van der Waals surface area (Å²) in [6.07, 6.45) is 7.18. The molecule has 1 fully saturated rings. The molecular weight excluding hydrogens is 380 g/mol. The van der Waals surface area contributed by atoms with Crippen LogP contribution in [-0.2, 0) is 17.6 Å². The molecular formula is C23H30N4O3. The Morgan fingerprint density at radius 3 is 2.83 bits per heavy atom. The fourth-order valence-corrected chi connectivity index (χ4v) is 4.58. The lowest BCUT2D eigenvalue weighted by molar-refractivity contribution is -0.138. The number of piperidine rings is 1. The van der Waals surface area contributed by atoms with Gasteiger partial charge in [0.1, 0.15) is 5.82 Å². The maximum atomic E-state index is 11.5. The number of aryl methyl sites for hydroxylation is 1. The zero-order valence-corrected chi connectivity index (χ0v) is 17.5. The number of rotatable bonds is 7. The van der Waals surface area contributed by atoms with Crippen molar-refractivity contribution in [1.29, 1.82) is 0 Å². The van der Waals surface area contributed by atoms with Gasteiger partial charge in [0, 0.05) is 30.5 Å². The van der Waals surface area contributed by atoms with E-state index in [4.69, 9.17) is 9.72 Å². The van der Waals surface area contributed by atoms with Gasteiger partial charge in [-0.2, -0.15) is 0 Å². The first-order chi connectivity index (χ1) is 14.6. The second-order valence-corrected chi connectivity index (χ2v) is 8.27. The SMILES string of the molecule is COc1ccc(C(CC(=O)O)N2CCC(Cc3ccc4c(n3)NCCC4)CC2)cn1. The van der Waals surface area contributed by atoms with Gasteiger partial charge in [0.25, 0.3) is 0 Å². The van der Waals surface area contributed by atoms with Crippen molar-refractivity contribution in [2.45, 2.75) is 44.6 Å². The third-order valence-electron chi connectivity index (χ3n) is 6.26. The Balaban J connectivity index is 1.38. The van der Waals surface area contributed by atoms with Crippen molar-refractivity contribution in [1.82, 2.24) is 14.9 Å². The van der Waals surface area contributed by atoms with Crippen LogP contribution in [0.15, 0.2) is 30.5 Å². The number of nitrogens with zero attached hydrogens (tertiary/aromatic N) is 3. The molecule has 0 aromatic carbocycles. The quantitative estimate of drug-likeness (QED) is 0.724. The van der Waals surface area contributed by atoms with E-state index in [1.165, 1.54) is 12.0 Å². The van der Waals surface area contributed by atoms with Crippen LogP contribution < -0.4 is 10.1 Å². The highest BCUT2D eigenvalue weighted by molar-refractivity contribution is 5.68. The number of pyridine rings is 2. The summed E-state index contributed by atoms with van der Waals surface area (Å²) in [6, 6.07) is 7.96. The molecule has 7 nitrogen and oxygen atoms in total. The van der Waals surface area contributed by atoms with E-state index < -0.39 is 5.97 Å². The number of aliphatic carboxylic acids is 1. The van der Waals surface area contributed by atoms with E-state index in [1.54, 1.807) is 19.4 Å². The number of carbonyl (C=O) groups is 1. The van der Waals surface area contributed by atoms with Gasteiger partial charge in [0.2, 0.25) is 5.88 Å². The lowest BCUT2D eigenvalue weighted by Gasteiger charge is -2.37. The summed E-state index contributed by atoms with van der Waals surface area (Å²) in [5.74, 6) is 1.39. The summed E-state index contributed by atoms with van der Waals surface area (Å²) < 4.78 is 5.13. The van der Waals surface area contributed by atoms with Gasteiger partial charge in [0.05, 0.1) is 13.5 Å². The second kappa shape index (κ2) is 9.43. The van der Waals surface area contributed by atoms with Crippen LogP contribution >= 0.6 is 0 Å². The number of ether oxygens (including phenoxy) is 1. The normalized spacial score (nSPS) is 18.3. The molecule has 0 amide bonds. The van der Waals surface area contributed by atoms with Gasteiger partial charge >= 0.3 is 5.97 Å². The zero-order valence-electron chi connectivity index (χ0n) is 17.5. The molecule has 1 saturated heterocycles. The molecule has 2 aliphatic heterocycles. The van der Waals surface area contributed by atoms with Crippen LogP contribution in [0, 0.1) is 5.92 Å². The maximum absolute atomic E-state index is 11.5. The number of anilines is 1. The summed E-state index contributed by atoms with van der Waals surface area (Å²) in [6.45, 7) is 2.78. The highest BCUT2D eigenvalue weighted by Crippen LogP contribution is 2.31. The fraction of sp³-hybridized carbons (Fsp3) is 0.522. The maximum Gasteiger partial charge on any atom is 0.305 e. The molecule has 1 atom stereocenters. The standard InChI is InChI=1S/C23H30N4O3/c1-30-21-7-5-18(15-25-21)20(14-22(28)29)27-11-8-16(9-12-27)13-19-6-4-17-3-2-10-24-23(17)26-19/h4-7,15-16,20H,2-3,8-14H2,1H3,(H,24,26)(H,28,29). The van der Waals surface area contributed by atoms with Crippen LogP contribution in [0.3, 0.4) is 0 Å². The first-order valence-corrected chi connectivity index (χ1v) is 10.8. The van der Waals surface area contributed by atoms with Crippen molar-refractivity contribution in [2.75, 3.05) is 32.1 Å². The average molecular weight is 411 g/mol. The Labute approximate surface area is 177 Å². The van der Waals surface area contributed by atoms with E-state index in [0.717, 1.165) is 62.4 Å². The van der Waals surface area contributed by atoms with Crippen molar-refractivity contribution in [3.63, 3.8) is 0 Å². The van der Waals surface area contributed by atoms with Gasteiger partial charge in [-0.05, 0) is 68.3 Å². The Kier molecular flexibility index (Phi) is 6.47. The summed E-state index contributed by atoms with van der Waals surface area (Å²) >= 11 is 0. The summed E-state index contributed by atoms with van der Waals surface area (Å²) in [5, 5.41) is 12.9. The van der Waals surface area contributed by atoms with Crippen molar-refractivity contribution in [2.24, 2.45) is 5.92 Å². The largest absolute Gasteiger partial charge is 0.481 e. The number of fused-ring (bicyclic) bond motifs is 1. The van der Waals surface area contributed by atoms with E-state index >= 15 is 0 Å². The summed E-state index contributed by atoms with van der Waals surface area (Å²) in [5.41, 5.74) is 3.41. The molecule has 7 heteroatoms. The zero-order chi connectivity index (χ0) is 20.9. The van der Waals surface area contributed by atoms with Crippen molar-refractivity contribution < 1.29 is 14.6 Å². The van der Waals surface area contributed by atoms with E-state index in [9.17, 15) is 9.90 Å². The van der Waals surface area contributed by atoms with Gasteiger partial charge in [-0.3, -0.25) is 9.69 Å². The molecule has 2 aliphatic rings. The molecule has 0 bridgehead atoms. The number of hydrogen-bond acceptors (Lipinski definition) is 6. The number of methoxy groups -OCH3 is 1. The van der Waals surface area contributed by atoms with Crippen LogP contribution in [0.2, 0.25) is 0 Å². The molecule has 160 valence electrons. The molecule has 30 heavy (non-hydrogen) atoms. The summed E-state index contributed by atoms with van der Waals surface area (Å²) in [4.78, 5) is 22.9. The molecule has 2 aromatic heterocycles. The second-order valence-electron chi connectivity index (χ2n) is 8.27. The monoisotopic (exact) mass is 410 g/mol. The average Bonchev–Trinajstić information content (AvgIpc) is 2.78. The molecule has 2 aromatic rings. The minimum Gasteiger partial charge on any atom is -0.481 e. The van der Waals surface area contributed by atoms with Gasteiger partial charge < -0.3 is 15.2 Å². The van der Waals surface area contributed by atoms with Gasteiger partial charge in [0.15, 0.2) is 0 Å². The molecule has 2 N–H and O–H groups in total. The van der Waals surface area contributed by atoms with Crippen LogP contribution in [0.4, 0.5) is 5.82 Å². The Hall–Kier alpha value is -2.67. The Morgan fingerprint density at radius 1 is 1.30 bits per heavy atom. The van der Waals surface area contributed by atoms with E-state index in [2.05, 4.69) is 27.3 Å². The first-order valence-electron chi connectivity index (χ1n) is 10.8. The lowest BCUT2D eigenvalue weighted by Crippen LogP contribution is -2.38. The number of likely N-dealkylation sites (tertiary alicyclic amines) is 1. The summed E-state index contributed by atoms with van der Waals surface area (Å²) in [7, 11) is 1.58. The van der Waals surface area contributed by atoms with Gasteiger partial charge in [-0.15, -0.1) is 0 Å². The molecule has 0 saturated carbocycles. The fourth-order valence-electron chi connectivity index (χ4n) is 4.58. The van der Waals surface area contributed by atoms with Crippen LogP contribution in [0.1, 0.15) is 48.5 Å². The Morgan fingerprint density at radius 2 is 2.13 bits per heavy atom. The van der Waals surface area contributed by atoms with Crippen LogP contribution in [-0.4, -0.2) is 52.7 Å². The third-order valence-corrected chi connectivity index (χ3v) is 6.26. The highest BCUT2D eigenvalue weighted by Gasteiger charge is 2.28. The number of carboxylic acids is 1. The first kappa shape index (κ1) is 20.6. The predicted molar refractivity (Wildman–Crippen MR) is 115 cm³/mol. The molecule has 1 unspecified atom stereocenters. The molecule has 4 rings (SSSR count). The van der Waals surface area contributed by atoms with Gasteiger partial charge in [-0.1, -0.05) is 12.1 Å². The molecule has 4 heterocycles. The van der Waals surface area contributed by atoms with E-state index in [1.807, 2.05) is 6.07 Å². The van der Waals surface area contributed by atoms with Crippen molar-refractivity contribution >= 4 is 11.8 Å². The molecule has 0 aliphatic carbocycles. The van der Waals surface area contributed by atoms with Crippen LogP contribution in [0.5, 0.6) is 5.88 Å². The third kappa shape index (κ3) is 4.90. The Bertz CT molecular complexity index is 863. The molecule has 0 spiro atoms. The van der Waals surface area contributed by atoms with Gasteiger partial charge in [-0.25, -0.2) is 9.97 Å².